The smallest absolute Gasteiger partial charge is 0.191 e. The minimum Gasteiger partial charge on any atom is -0.312 e. The molecular weight excluding hydrogens is 232 g/mol. The molecule has 0 aliphatic carbocycles. The van der Waals surface area contributed by atoms with Crippen molar-refractivity contribution in [2.45, 2.75) is 10.9 Å². The molecule has 0 unspecified atom stereocenters. The van der Waals surface area contributed by atoms with Gasteiger partial charge < -0.3 is 4.57 Å². The highest BCUT2D eigenvalue weighted by Gasteiger charge is 2.02. The van der Waals surface area contributed by atoms with Gasteiger partial charge in [0.2, 0.25) is 0 Å². The number of aromatic nitrogens is 4. The Balaban J connectivity index is 2.02. The summed E-state index contributed by atoms with van der Waals surface area (Å²) in [5.41, 5.74) is 0.940. The second-order valence-electron chi connectivity index (χ2n) is 2.96. The lowest BCUT2D eigenvalue weighted by Gasteiger charge is -2.00. The first-order valence-corrected chi connectivity index (χ1v) is 5.70. The van der Waals surface area contributed by atoms with Crippen LogP contribution in [0.25, 0.3) is 0 Å². The zero-order valence-electron chi connectivity index (χ0n) is 8.09. The Morgan fingerprint density at radius 2 is 2.33 bits per heavy atom. The fourth-order valence-corrected chi connectivity index (χ4v) is 2.05. The molecule has 0 aliphatic rings. The Morgan fingerprint density at radius 1 is 1.47 bits per heavy atom. The summed E-state index contributed by atoms with van der Waals surface area (Å²) in [6.45, 7) is 0. The molecule has 0 radical (unpaired) electrons. The predicted molar refractivity (Wildman–Crippen MR) is 59.8 cm³/mol. The molecule has 2 heterocycles. The van der Waals surface area contributed by atoms with E-state index in [1.54, 1.807) is 24.2 Å². The topological polar surface area (TPSA) is 43.6 Å². The average Bonchev–Trinajstić information content (AvgIpc) is 2.61. The number of rotatable bonds is 3. The van der Waals surface area contributed by atoms with Gasteiger partial charge in [0.05, 0.1) is 5.69 Å². The van der Waals surface area contributed by atoms with Crippen molar-refractivity contribution < 1.29 is 0 Å². The molecule has 78 valence electrons. The summed E-state index contributed by atoms with van der Waals surface area (Å²) in [6.07, 6.45) is 1.67. The van der Waals surface area contributed by atoms with Gasteiger partial charge in [0.25, 0.3) is 0 Å². The van der Waals surface area contributed by atoms with Crippen LogP contribution in [0.2, 0.25) is 5.15 Å². The van der Waals surface area contributed by atoms with E-state index in [2.05, 4.69) is 15.2 Å². The quantitative estimate of drug-likeness (QED) is 0.609. The van der Waals surface area contributed by atoms with Gasteiger partial charge in [-0.3, -0.25) is 0 Å². The molecule has 2 aromatic heterocycles. The van der Waals surface area contributed by atoms with Crippen LogP contribution in [-0.2, 0) is 12.8 Å². The van der Waals surface area contributed by atoms with E-state index in [0.717, 1.165) is 16.6 Å². The molecule has 0 amide bonds. The van der Waals surface area contributed by atoms with Crippen LogP contribution in [0.4, 0.5) is 0 Å². The van der Waals surface area contributed by atoms with Crippen molar-refractivity contribution in [3.63, 3.8) is 0 Å². The van der Waals surface area contributed by atoms with Crippen LogP contribution < -0.4 is 0 Å². The maximum Gasteiger partial charge on any atom is 0.191 e. The minimum atomic E-state index is 0.520. The van der Waals surface area contributed by atoms with Crippen molar-refractivity contribution in [1.29, 1.82) is 0 Å². The molecule has 15 heavy (non-hydrogen) atoms. The third-order valence-electron chi connectivity index (χ3n) is 1.79. The van der Waals surface area contributed by atoms with Crippen LogP contribution in [-0.4, -0.2) is 19.7 Å². The lowest BCUT2D eigenvalue weighted by molar-refractivity contribution is 0.788. The molecule has 4 nitrogen and oxygen atoms in total. The highest BCUT2D eigenvalue weighted by molar-refractivity contribution is 7.98. The molecule has 0 fully saturated rings. The van der Waals surface area contributed by atoms with Crippen LogP contribution in [0.3, 0.4) is 0 Å². The molecule has 0 N–H and O–H groups in total. The zero-order chi connectivity index (χ0) is 10.7. The van der Waals surface area contributed by atoms with E-state index in [9.17, 15) is 0 Å². The van der Waals surface area contributed by atoms with Crippen molar-refractivity contribution in [2.75, 3.05) is 0 Å². The standard InChI is InChI=1S/C9H9ClN4S/c1-14-6-11-13-9(14)15-5-7-3-2-4-8(10)12-7/h2-4,6H,5H2,1H3. The Bertz CT molecular complexity index is 457. The predicted octanol–water partition coefficient (Wildman–Crippen LogP) is 2.16. The Kier molecular flexibility index (Phi) is 3.23. The van der Waals surface area contributed by atoms with Crippen molar-refractivity contribution in [3.05, 3.63) is 35.4 Å². The zero-order valence-corrected chi connectivity index (χ0v) is 9.66. The summed E-state index contributed by atoms with van der Waals surface area (Å²) in [4.78, 5) is 4.19. The largest absolute Gasteiger partial charge is 0.312 e. The van der Waals surface area contributed by atoms with Gasteiger partial charge in [-0.1, -0.05) is 29.4 Å². The fraction of sp³-hybridized carbons (Fsp3) is 0.222. The van der Waals surface area contributed by atoms with Gasteiger partial charge in [-0.2, -0.15) is 0 Å². The molecule has 0 atom stereocenters. The lowest BCUT2D eigenvalue weighted by atomic mass is 10.4. The van der Waals surface area contributed by atoms with E-state index < -0.39 is 0 Å². The molecule has 0 bridgehead atoms. The summed E-state index contributed by atoms with van der Waals surface area (Å²) in [5.74, 6) is 0.743. The first kappa shape index (κ1) is 10.4. The van der Waals surface area contributed by atoms with Gasteiger partial charge in [-0.25, -0.2) is 4.98 Å². The minimum absolute atomic E-state index is 0.520. The number of thioether (sulfide) groups is 1. The van der Waals surface area contributed by atoms with Gasteiger partial charge in [-0.05, 0) is 12.1 Å². The fourth-order valence-electron chi connectivity index (χ4n) is 1.07. The molecule has 0 saturated carbocycles. The van der Waals surface area contributed by atoms with Crippen molar-refractivity contribution in [2.24, 2.45) is 7.05 Å². The van der Waals surface area contributed by atoms with Crippen molar-refractivity contribution in [1.82, 2.24) is 19.7 Å². The van der Waals surface area contributed by atoms with E-state index in [1.165, 1.54) is 0 Å². The summed E-state index contributed by atoms with van der Waals surface area (Å²) in [5, 5.41) is 9.16. The second-order valence-corrected chi connectivity index (χ2v) is 4.29. The third-order valence-corrected chi connectivity index (χ3v) is 3.07. The number of halogens is 1. The summed E-state index contributed by atoms with van der Waals surface area (Å²) < 4.78 is 1.87. The molecular formula is C9H9ClN4S. The molecule has 0 spiro atoms. The Morgan fingerprint density at radius 3 is 3.00 bits per heavy atom. The molecule has 0 aromatic carbocycles. The molecule has 0 saturated heterocycles. The van der Waals surface area contributed by atoms with Crippen LogP contribution in [0.15, 0.2) is 29.7 Å². The van der Waals surface area contributed by atoms with E-state index in [-0.39, 0.29) is 0 Å². The maximum absolute atomic E-state index is 5.78. The Labute approximate surface area is 96.7 Å². The van der Waals surface area contributed by atoms with E-state index in [0.29, 0.717) is 5.15 Å². The monoisotopic (exact) mass is 240 g/mol. The molecule has 2 rings (SSSR count). The number of nitrogens with zero attached hydrogens (tertiary/aromatic N) is 4. The van der Waals surface area contributed by atoms with Crippen molar-refractivity contribution in [3.8, 4) is 0 Å². The van der Waals surface area contributed by atoms with Gasteiger partial charge in [0.15, 0.2) is 5.16 Å². The Hall–Kier alpha value is -1.07. The van der Waals surface area contributed by atoms with E-state index in [1.807, 2.05) is 23.7 Å². The van der Waals surface area contributed by atoms with Crippen LogP contribution >= 0.6 is 23.4 Å². The summed E-state index contributed by atoms with van der Waals surface area (Å²) in [6, 6.07) is 5.59. The van der Waals surface area contributed by atoms with Crippen molar-refractivity contribution >= 4 is 23.4 Å². The number of pyridine rings is 1. The summed E-state index contributed by atoms with van der Waals surface area (Å²) in [7, 11) is 1.91. The van der Waals surface area contributed by atoms with Crippen LogP contribution in [0.1, 0.15) is 5.69 Å². The molecule has 6 heteroatoms. The average molecular weight is 241 g/mol. The normalized spacial score (nSPS) is 10.5. The first-order chi connectivity index (χ1) is 7.25. The van der Waals surface area contributed by atoms with Gasteiger partial charge in [-0.15, -0.1) is 10.2 Å². The second kappa shape index (κ2) is 4.63. The van der Waals surface area contributed by atoms with E-state index >= 15 is 0 Å². The van der Waals surface area contributed by atoms with E-state index in [4.69, 9.17) is 11.6 Å². The lowest BCUT2D eigenvalue weighted by Crippen LogP contribution is -1.91. The van der Waals surface area contributed by atoms with Gasteiger partial charge in [0.1, 0.15) is 11.5 Å². The highest BCUT2D eigenvalue weighted by atomic mass is 35.5. The van der Waals surface area contributed by atoms with Crippen LogP contribution in [0.5, 0.6) is 0 Å². The van der Waals surface area contributed by atoms with Gasteiger partial charge in [0, 0.05) is 12.8 Å². The molecule has 2 aromatic rings. The maximum atomic E-state index is 5.78. The number of hydrogen-bond acceptors (Lipinski definition) is 4. The van der Waals surface area contributed by atoms with Gasteiger partial charge >= 0.3 is 0 Å². The number of aryl methyl sites for hydroxylation is 1. The SMILES string of the molecule is Cn1cnnc1SCc1cccc(Cl)n1. The first-order valence-electron chi connectivity index (χ1n) is 4.34. The third kappa shape index (κ3) is 2.70. The number of hydrogen-bond donors (Lipinski definition) is 0. The molecule has 0 aliphatic heterocycles. The highest BCUT2D eigenvalue weighted by Crippen LogP contribution is 2.19. The van der Waals surface area contributed by atoms with Crippen LogP contribution in [0, 0.1) is 0 Å². The summed E-state index contributed by atoms with van der Waals surface area (Å²) >= 11 is 7.37.